The first-order valence-corrected chi connectivity index (χ1v) is 11.7. The molecule has 0 amide bonds. The lowest BCUT2D eigenvalue weighted by Crippen LogP contribution is -2.05. The highest BCUT2D eigenvalue weighted by Crippen LogP contribution is 2.36. The molecule has 0 atom stereocenters. The monoisotopic (exact) mass is 444 g/mol. The van der Waals surface area contributed by atoms with Gasteiger partial charge in [0.05, 0.1) is 23.6 Å². The lowest BCUT2D eigenvalue weighted by atomic mass is 10.0. The molecule has 0 aliphatic carbocycles. The van der Waals surface area contributed by atoms with Gasteiger partial charge in [0, 0.05) is 35.0 Å². The molecular weight excluding hydrogens is 419 g/mol. The Morgan fingerprint density at radius 3 is 2.61 bits per heavy atom. The highest BCUT2D eigenvalue weighted by Gasteiger charge is 2.20. The van der Waals surface area contributed by atoms with Crippen LogP contribution in [0.1, 0.15) is 23.0 Å². The van der Waals surface area contributed by atoms with Gasteiger partial charge in [0.1, 0.15) is 5.83 Å². The summed E-state index contributed by atoms with van der Waals surface area (Å²) in [5.74, 6) is -0.840. The number of halogens is 1. The molecule has 8 heteroatoms. The molecule has 0 fully saturated rings. The number of rotatable bonds is 7. The van der Waals surface area contributed by atoms with Gasteiger partial charge in [-0.3, -0.25) is 0 Å². The summed E-state index contributed by atoms with van der Waals surface area (Å²) >= 11 is 0. The molecule has 1 heterocycles. The Labute approximate surface area is 181 Å². The van der Waals surface area contributed by atoms with Crippen LogP contribution in [0.2, 0.25) is 0 Å². The SMILES string of the molecule is CCOC(=O)c1ccc2c(c1)c(-c1cccc(S(C)(=O)=O)c1)c(C)n2C/C(F)=C/CN. The molecule has 0 radical (unpaired) electrons. The van der Waals surface area contributed by atoms with Gasteiger partial charge in [-0.2, -0.15) is 0 Å². The second kappa shape index (κ2) is 9.03. The van der Waals surface area contributed by atoms with Gasteiger partial charge < -0.3 is 15.0 Å². The highest BCUT2D eigenvalue weighted by atomic mass is 32.2. The minimum absolute atomic E-state index is 0.0238. The van der Waals surface area contributed by atoms with Crippen LogP contribution < -0.4 is 5.73 Å². The van der Waals surface area contributed by atoms with Crippen molar-refractivity contribution >= 4 is 26.7 Å². The molecule has 0 aliphatic heterocycles. The number of hydrogen-bond donors (Lipinski definition) is 1. The third kappa shape index (κ3) is 4.70. The Balaban J connectivity index is 2.30. The van der Waals surface area contributed by atoms with Crippen molar-refractivity contribution in [1.82, 2.24) is 4.57 Å². The zero-order valence-electron chi connectivity index (χ0n) is 17.7. The zero-order chi connectivity index (χ0) is 22.8. The van der Waals surface area contributed by atoms with Gasteiger partial charge in [-0.05, 0) is 55.8 Å². The van der Waals surface area contributed by atoms with E-state index >= 15 is 0 Å². The van der Waals surface area contributed by atoms with Crippen molar-refractivity contribution in [3.05, 3.63) is 65.6 Å². The number of benzene rings is 2. The minimum atomic E-state index is -3.41. The molecule has 31 heavy (non-hydrogen) atoms. The number of esters is 1. The molecule has 3 rings (SSSR count). The van der Waals surface area contributed by atoms with E-state index in [9.17, 15) is 17.6 Å². The summed E-state index contributed by atoms with van der Waals surface area (Å²) in [6, 6.07) is 11.7. The largest absolute Gasteiger partial charge is 0.462 e. The molecule has 2 N–H and O–H groups in total. The number of carbonyl (C=O) groups is 1. The third-order valence-corrected chi connectivity index (χ3v) is 6.14. The number of aromatic nitrogens is 1. The first-order chi connectivity index (χ1) is 14.7. The number of allylic oxidation sites excluding steroid dienone is 1. The lowest BCUT2D eigenvalue weighted by molar-refractivity contribution is 0.0526. The number of ether oxygens (including phenoxy) is 1. The number of fused-ring (bicyclic) bond motifs is 1. The lowest BCUT2D eigenvalue weighted by Gasteiger charge is -2.08. The maximum absolute atomic E-state index is 14.3. The summed E-state index contributed by atoms with van der Waals surface area (Å²) in [7, 11) is -3.41. The van der Waals surface area contributed by atoms with Crippen LogP contribution in [0, 0.1) is 6.92 Å². The average Bonchev–Trinajstić information content (AvgIpc) is 2.98. The molecule has 0 aliphatic rings. The van der Waals surface area contributed by atoms with Crippen LogP contribution in [0.3, 0.4) is 0 Å². The number of nitrogens with zero attached hydrogens (tertiary/aromatic N) is 1. The first-order valence-electron chi connectivity index (χ1n) is 9.82. The van der Waals surface area contributed by atoms with E-state index in [0.29, 0.717) is 22.0 Å². The second-order valence-electron chi connectivity index (χ2n) is 7.19. The molecule has 0 saturated carbocycles. The van der Waals surface area contributed by atoms with Crippen molar-refractivity contribution in [2.24, 2.45) is 5.73 Å². The van der Waals surface area contributed by atoms with Gasteiger partial charge >= 0.3 is 5.97 Å². The first kappa shape index (κ1) is 22.7. The second-order valence-corrected chi connectivity index (χ2v) is 9.20. The maximum atomic E-state index is 14.3. The molecule has 0 spiro atoms. The van der Waals surface area contributed by atoms with Crippen LogP contribution in [0.25, 0.3) is 22.0 Å². The van der Waals surface area contributed by atoms with E-state index in [2.05, 4.69) is 0 Å². The van der Waals surface area contributed by atoms with Gasteiger partial charge in [-0.25, -0.2) is 17.6 Å². The topological polar surface area (TPSA) is 91.4 Å². The van der Waals surface area contributed by atoms with Crippen LogP contribution >= 0.6 is 0 Å². The Hall–Kier alpha value is -2.97. The van der Waals surface area contributed by atoms with Crippen molar-refractivity contribution in [3.8, 4) is 11.1 Å². The summed E-state index contributed by atoms with van der Waals surface area (Å²) in [6.07, 6.45) is 2.45. The van der Waals surface area contributed by atoms with Crippen LogP contribution in [-0.2, 0) is 21.1 Å². The van der Waals surface area contributed by atoms with E-state index < -0.39 is 15.8 Å². The van der Waals surface area contributed by atoms with Crippen LogP contribution in [0.15, 0.2) is 59.3 Å². The molecule has 1 aromatic heterocycles. The smallest absolute Gasteiger partial charge is 0.338 e. The molecule has 6 nitrogen and oxygen atoms in total. The zero-order valence-corrected chi connectivity index (χ0v) is 18.5. The number of nitrogens with two attached hydrogens (primary N) is 1. The summed E-state index contributed by atoms with van der Waals surface area (Å²) in [4.78, 5) is 12.5. The average molecular weight is 445 g/mol. The standard InChI is InChI=1S/C23H25FN2O4S/c1-4-30-23(27)17-8-9-21-20(13-17)22(15(2)26(21)14-18(24)10-11-25)16-6-5-7-19(12-16)31(3,28)29/h5-10,12-13H,4,11,14,25H2,1-3H3/b18-10-. The van der Waals surface area contributed by atoms with Gasteiger partial charge in [0.15, 0.2) is 9.84 Å². The fourth-order valence-electron chi connectivity index (χ4n) is 3.62. The maximum Gasteiger partial charge on any atom is 0.338 e. The fraction of sp³-hybridized carbons (Fsp3) is 0.261. The number of sulfone groups is 1. The van der Waals surface area contributed by atoms with E-state index in [1.54, 1.807) is 47.9 Å². The van der Waals surface area contributed by atoms with E-state index in [0.717, 1.165) is 17.5 Å². The van der Waals surface area contributed by atoms with Crippen molar-refractivity contribution in [1.29, 1.82) is 0 Å². The van der Waals surface area contributed by atoms with Crippen molar-refractivity contribution in [2.75, 3.05) is 19.4 Å². The van der Waals surface area contributed by atoms with Crippen molar-refractivity contribution < 1.29 is 22.3 Å². The normalized spacial score (nSPS) is 12.4. The summed E-state index contributed by atoms with van der Waals surface area (Å²) < 4.78 is 45.4. The molecule has 0 bridgehead atoms. The Kier molecular flexibility index (Phi) is 6.62. The van der Waals surface area contributed by atoms with Gasteiger partial charge in [-0.1, -0.05) is 12.1 Å². The fourth-order valence-corrected chi connectivity index (χ4v) is 4.28. The predicted molar refractivity (Wildman–Crippen MR) is 119 cm³/mol. The van der Waals surface area contributed by atoms with E-state index in [-0.39, 0.29) is 30.4 Å². The number of carbonyl (C=O) groups excluding carboxylic acids is 1. The van der Waals surface area contributed by atoms with Gasteiger partial charge in [-0.15, -0.1) is 0 Å². The van der Waals surface area contributed by atoms with E-state index in [1.807, 2.05) is 6.92 Å². The van der Waals surface area contributed by atoms with E-state index in [1.165, 1.54) is 12.1 Å². The van der Waals surface area contributed by atoms with Gasteiger partial charge in [0.2, 0.25) is 0 Å². The van der Waals surface area contributed by atoms with Crippen LogP contribution in [-0.4, -0.2) is 38.4 Å². The minimum Gasteiger partial charge on any atom is -0.462 e. The third-order valence-electron chi connectivity index (χ3n) is 5.03. The summed E-state index contributed by atoms with van der Waals surface area (Å²) in [5.41, 5.74) is 8.64. The van der Waals surface area contributed by atoms with Crippen molar-refractivity contribution in [2.45, 2.75) is 25.3 Å². The quantitative estimate of drug-likeness (QED) is 0.556. The van der Waals surface area contributed by atoms with Gasteiger partial charge in [0.25, 0.3) is 0 Å². The molecular formula is C23H25FN2O4S. The highest BCUT2D eigenvalue weighted by molar-refractivity contribution is 7.90. The predicted octanol–water partition coefficient (Wildman–Crippen LogP) is 4.01. The molecule has 2 aromatic carbocycles. The number of hydrogen-bond acceptors (Lipinski definition) is 5. The van der Waals surface area contributed by atoms with Crippen LogP contribution in [0.5, 0.6) is 0 Å². The summed E-state index contributed by atoms with van der Waals surface area (Å²) in [5, 5.41) is 0.703. The van der Waals surface area contributed by atoms with E-state index in [4.69, 9.17) is 10.5 Å². The Bertz CT molecular complexity index is 1280. The Morgan fingerprint density at radius 2 is 1.97 bits per heavy atom. The molecule has 0 saturated heterocycles. The van der Waals surface area contributed by atoms with Crippen LogP contribution in [0.4, 0.5) is 4.39 Å². The molecule has 0 unspecified atom stereocenters. The molecule has 164 valence electrons. The summed E-state index contributed by atoms with van der Waals surface area (Å²) in [6.45, 7) is 3.87. The molecule has 3 aromatic rings. The van der Waals surface area contributed by atoms with Crippen molar-refractivity contribution in [3.63, 3.8) is 0 Å². The Morgan fingerprint density at radius 1 is 1.23 bits per heavy atom.